The molecule has 6 atom stereocenters. The van der Waals surface area contributed by atoms with Gasteiger partial charge in [-0.1, -0.05) is 13.8 Å². The zero-order chi connectivity index (χ0) is 17.2. The Kier molecular flexibility index (Phi) is 3.92. The molecule has 0 aliphatic heterocycles. The smallest absolute Gasteiger partial charge is 0.167 e. The molecule has 4 saturated carbocycles. The predicted octanol–water partition coefficient (Wildman–Crippen LogP) is 4.52. The summed E-state index contributed by atoms with van der Waals surface area (Å²) < 4.78 is 11.6. The Hall–Kier alpha value is -0.120. The van der Waals surface area contributed by atoms with Crippen molar-refractivity contribution in [1.29, 1.82) is 0 Å². The van der Waals surface area contributed by atoms with E-state index in [4.69, 9.17) is 9.47 Å². The second-order valence-electron chi connectivity index (χ2n) is 9.89. The molecule has 24 heavy (non-hydrogen) atoms. The molecule has 0 aromatic rings. The average molecular weight is 337 g/mol. The minimum atomic E-state index is -0.402. The molecule has 3 nitrogen and oxygen atoms in total. The Labute approximate surface area is 147 Å². The predicted molar refractivity (Wildman–Crippen MR) is 94.6 cm³/mol. The molecule has 0 spiro atoms. The molecule has 0 aromatic heterocycles. The van der Waals surface area contributed by atoms with Crippen LogP contribution in [0.5, 0.6) is 0 Å². The fourth-order valence-corrected chi connectivity index (χ4v) is 7.61. The first kappa shape index (κ1) is 17.3. The number of hydrogen-bond donors (Lipinski definition) is 1. The summed E-state index contributed by atoms with van der Waals surface area (Å²) in [7, 11) is 3.59. The Morgan fingerprint density at radius 1 is 0.833 bits per heavy atom. The van der Waals surface area contributed by atoms with Crippen molar-refractivity contribution in [3.63, 3.8) is 0 Å². The Morgan fingerprint density at radius 3 is 2.29 bits per heavy atom. The molecule has 4 aliphatic rings. The van der Waals surface area contributed by atoms with Crippen molar-refractivity contribution in [2.75, 3.05) is 14.2 Å². The lowest BCUT2D eigenvalue weighted by molar-refractivity contribution is -0.270. The third-order valence-corrected chi connectivity index (χ3v) is 9.39. The fourth-order valence-electron chi connectivity index (χ4n) is 7.61. The van der Waals surface area contributed by atoms with E-state index in [0.717, 1.165) is 19.3 Å². The molecule has 3 heteroatoms. The molecule has 4 fully saturated rings. The number of methoxy groups -OCH3 is 2. The molecule has 0 radical (unpaired) electrons. The van der Waals surface area contributed by atoms with E-state index in [-0.39, 0.29) is 11.2 Å². The first-order chi connectivity index (χ1) is 11.3. The van der Waals surface area contributed by atoms with Gasteiger partial charge in [0.1, 0.15) is 0 Å². The van der Waals surface area contributed by atoms with E-state index in [1.54, 1.807) is 14.2 Å². The van der Waals surface area contributed by atoms with Gasteiger partial charge in [-0.15, -0.1) is 0 Å². The minimum Gasteiger partial charge on any atom is -0.389 e. The van der Waals surface area contributed by atoms with E-state index in [9.17, 15) is 5.11 Å². The van der Waals surface area contributed by atoms with Crippen LogP contribution in [0.4, 0.5) is 0 Å². The lowest BCUT2D eigenvalue weighted by Crippen LogP contribution is -2.62. The van der Waals surface area contributed by atoms with Gasteiger partial charge < -0.3 is 14.6 Å². The van der Waals surface area contributed by atoms with Crippen molar-refractivity contribution in [3.8, 4) is 0 Å². The summed E-state index contributed by atoms with van der Waals surface area (Å²) in [5, 5.41) is 11.7. The van der Waals surface area contributed by atoms with Gasteiger partial charge in [-0.2, -0.15) is 0 Å². The van der Waals surface area contributed by atoms with E-state index in [2.05, 4.69) is 13.8 Å². The molecule has 0 unspecified atom stereocenters. The number of fused-ring (bicyclic) bond motifs is 5. The number of rotatable bonds is 2. The Bertz CT molecular complexity index is 501. The van der Waals surface area contributed by atoms with Crippen LogP contribution in [0.15, 0.2) is 0 Å². The molecule has 4 aliphatic carbocycles. The lowest BCUT2D eigenvalue weighted by atomic mass is 9.44. The molecule has 0 heterocycles. The van der Waals surface area contributed by atoms with Crippen LogP contribution in [-0.4, -0.2) is 30.7 Å². The average Bonchev–Trinajstić information content (AvgIpc) is 2.90. The van der Waals surface area contributed by atoms with Crippen LogP contribution in [0.25, 0.3) is 0 Å². The molecule has 4 rings (SSSR count). The highest BCUT2D eigenvalue weighted by atomic mass is 16.7. The fraction of sp³-hybridized carbons (Fsp3) is 1.00. The summed E-state index contributed by atoms with van der Waals surface area (Å²) in [6.07, 6.45) is 11.6. The van der Waals surface area contributed by atoms with Crippen molar-refractivity contribution in [2.45, 2.75) is 89.4 Å². The number of hydrogen-bond acceptors (Lipinski definition) is 3. The van der Waals surface area contributed by atoms with Crippen molar-refractivity contribution in [1.82, 2.24) is 0 Å². The molecule has 138 valence electrons. The van der Waals surface area contributed by atoms with Crippen LogP contribution >= 0.6 is 0 Å². The normalized spacial score (nSPS) is 53.1. The largest absolute Gasteiger partial charge is 0.389 e. The van der Waals surface area contributed by atoms with E-state index >= 15 is 0 Å². The maximum Gasteiger partial charge on any atom is 0.167 e. The summed E-state index contributed by atoms with van der Waals surface area (Å²) in [6.45, 7) is 4.89. The van der Waals surface area contributed by atoms with E-state index in [0.29, 0.717) is 23.2 Å². The number of ether oxygens (including phenoxy) is 2. The molecular formula is C21H36O3. The maximum absolute atomic E-state index is 11.7. The van der Waals surface area contributed by atoms with Gasteiger partial charge >= 0.3 is 0 Å². The second-order valence-corrected chi connectivity index (χ2v) is 9.89. The molecule has 0 aromatic carbocycles. The van der Waals surface area contributed by atoms with E-state index in [1.165, 1.54) is 44.9 Å². The summed E-state index contributed by atoms with van der Waals surface area (Å²) in [5.41, 5.74) is 0.124. The van der Waals surface area contributed by atoms with Crippen molar-refractivity contribution in [3.05, 3.63) is 0 Å². The summed E-state index contributed by atoms with van der Waals surface area (Å²) in [6, 6.07) is 0. The van der Waals surface area contributed by atoms with Crippen LogP contribution in [-0.2, 0) is 9.47 Å². The maximum atomic E-state index is 11.7. The van der Waals surface area contributed by atoms with Crippen LogP contribution in [0, 0.1) is 28.6 Å². The van der Waals surface area contributed by atoms with Crippen LogP contribution in [0.2, 0.25) is 0 Å². The second kappa shape index (κ2) is 5.44. The molecule has 0 amide bonds. The van der Waals surface area contributed by atoms with Gasteiger partial charge in [-0.3, -0.25) is 0 Å². The first-order valence-electron chi connectivity index (χ1n) is 10.2. The third-order valence-electron chi connectivity index (χ3n) is 9.39. The van der Waals surface area contributed by atoms with Gasteiger partial charge in [0.05, 0.1) is 5.60 Å². The zero-order valence-corrected chi connectivity index (χ0v) is 16.1. The standard InChI is InChI=1S/C21H36O3/c1-18-9-5-10-21(18,22)17-7-6-15-14-20(23-3,24-4)13-12-19(15,2)16(17)8-11-18/h15-17,22H,5-14H2,1-4H3/t15-,16+,17-,18-,19-,21+/m0/s1. The van der Waals surface area contributed by atoms with Gasteiger partial charge in [-0.05, 0) is 80.0 Å². The lowest BCUT2D eigenvalue weighted by Gasteiger charge is -2.64. The van der Waals surface area contributed by atoms with Crippen LogP contribution < -0.4 is 0 Å². The van der Waals surface area contributed by atoms with Gasteiger partial charge in [0.25, 0.3) is 0 Å². The highest BCUT2D eigenvalue weighted by molar-refractivity contribution is 5.15. The monoisotopic (exact) mass is 336 g/mol. The summed E-state index contributed by atoms with van der Waals surface area (Å²) in [4.78, 5) is 0. The highest BCUT2D eigenvalue weighted by Gasteiger charge is 2.65. The molecule has 0 saturated heterocycles. The highest BCUT2D eigenvalue weighted by Crippen LogP contribution is 2.68. The van der Waals surface area contributed by atoms with E-state index < -0.39 is 5.60 Å². The van der Waals surface area contributed by atoms with Crippen LogP contribution in [0.3, 0.4) is 0 Å². The Morgan fingerprint density at radius 2 is 1.58 bits per heavy atom. The van der Waals surface area contributed by atoms with Crippen molar-refractivity contribution in [2.24, 2.45) is 28.6 Å². The third kappa shape index (κ3) is 2.07. The molecular weight excluding hydrogens is 300 g/mol. The summed E-state index contributed by atoms with van der Waals surface area (Å²) >= 11 is 0. The van der Waals surface area contributed by atoms with Gasteiger partial charge in [-0.25, -0.2) is 0 Å². The zero-order valence-electron chi connectivity index (χ0n) is 16.1. The molecule has 0 bridgehead atoms. The van der Waals surface area contributed by atoms with Gasteiger partial charge in [0, 0.05) is 27.1 Å². The Balaban J connectivity index is 1.63. The number of aliphatic hydroxyl groups is 1. The topological polar surface area (TPSA) is 38.7 Å². The molecule has 1 N–H and O–H groups in total. The first-order valence-corrected chi connectivity index (χ1v) is 10.2. The minimum absolute atomic E-state index is 0.175. The summed E-state index contributed by atoms with van der Waals surface area (Å²) in [5.74, 6) is 1.49. The van der Waals surface area contributed by atoms with Crippen molar-refractivity contribution >= 4 is 0 Å². The quantitative estimate of drug-likeness (QED) is 0.753. The van der Waals surface area contributed by atoms with Gasteiger partial charge in [0.2, 0.25) is 0 Å². The van der Waals surface area contributed by atoms with Crippen LogP contribution in [0.1, 0.15) is 78.1 Å². The van der Waals surface area contributed by atoms with E-state index in [1.807, 2.05) is 0 Å². The van der Waals surface area contributed by atoms with Crippen molar-refractivity contribution < 1.29 is 14.6 Å². The SMILES string of the molecule is COC1(OC)CC[C@@]2(C)[C@@H](CC[C@H]3[C@H]2CC[C@]2(C)CCC[C@@]32O)C1. The van der Waals surface area contributed by atoms with Gasteiger partial charge in [0.15, 0.2) is 5.79 Å².